The average molecular weight is 397 g/mol. The first kappa shape index (κ1) is 16.5. The van der Waals surface area contributed by atoms with Gasteiger partial charge in [-0.05, 0) is 49.4 Å². The molecular formula is C17H19BrClN3O. The van der Waals surface area contributed by atoms with Crippen LogP contribution >= 0.6 is 27.5 Å². The third-order valence-corrected chi connectivity index (χ3v) is 5.08. The van der Waals surface area contributed by atoms with Crippen LogP contribution in [0, 0.1) is 5.92 Å². The van der Waals surface area contributed by atoms with E-state index in [1.807, 2.05) is 18.2 Å². The molecule has 1 aromatic carbocycles. The van der Waals surface area contributed by atoms with Gasteiger partial charge in [-0.15, -0.1) is 0 Å². The molecule has 122 valence electrons. The second-order valence-electron chi connectivity index (χ2n) is 6.09. The van der Waals surface area contributed by atoms with E-state index in [9.17, 15) is 4.79 Å². The van der Waals surface area contributed by atoms with E-state index in [-0.39, 0.29) is 5.91 Å². The molecule has 0 radical (unpaired) electrons. The number of halogens is 2. The van der Waals surface area contributed by atoms with Crippen LogP contribution in [0.1, 0.15) is 25.7 Å². The largest absolute Gasteiger partial charge is 0.370 e. The van der Waals surface area contributed by atoms with E-state index in [1.54, 1.807) is 0 Å². The summed E-state index contributed by atoms with van der Waals surface area (Å²) < 4.78 is 0.953. The van der Waals surface area contributed by atoms with Crippen molar-refractivity contribution in [2.75, 3.05) is 18.0 Å². The van der Waals surface area contributed by atoms with Crippen molar-refractivity contribution in [1.29, 1.82) is 0 Å². The van der Waals surface area contributed by atoms with Gasteiger partial charge in [-0.1, -0.05) is 27.5 Å². The molecule has 2 aromatic rings. The van der Waals surface area contributed by atoms with Gasteiger partial charge in [0.15, 0.2) is 0 Å². The summed E-state index contributed by atoms with van der Waals surface area (Å²) in [5.74, 6) is 1.22. The lowest BCUT2D eigenvalue weighted by molar-refractivity contribution is -0.118. The first-order chi connectivity index (χ1) is 11.0. The molecule has 0 spiro atoms. The third kappa shape index (κ3) is 3.96. The van der Waals surface area contributed by atoms with Gasteiger partial charge in [0.1, 0.15) is 5.82 Å². The Bertz CT molecular complexity index is 737. The number of carbonyl (C=O) groups excluding carboxylic acids is 1. The van der Waals surface area contributed by atoms with E-state index >= 15 is 0 Å². The van der Waals surface area contributed by atoms with Crippen molar-refractivity contribution in [3.63, 3.8) is 0 Å². The van der Waals surface area contributed by atoms with Gasteiger partial charge in [0.05, 0.1) is 10.5 Å². The van der Waals surface area contributed by atoms with Crippen molar-refractivity contribution < 1.29 is 4.79 Å². The number of nitrogens with two attached hydrogens (primary N) is 1. The van der Waals surface area contributed by atoms with E-state index in [0.717, 1.165) is 53.5 Å². The van der Waals surface area contributed by atoms with Crippen LogP contribution in [0.5, 0.6) is 0 Å². The van der Waals surface area contributed by atoms with Crippen molar-refractivity contribution in [3.8, 4) is 0 Å². The van der Waals surface area contributed by atoms with Gasteiger partial charge >= 0.3 is 0 Å². The molecule has 1 aromatic heterocycles. The number of primary amides is 1. The summed E-state index contributed by atoms with van der Waals surface area (Å²) in [6, 6.07) is 7.99. The van der Waals surface area contributed by atoms with Crippen molar-refractivity contribution in [1.82, 2.24) is 4.98 Å². The van der Waals surface area contributed by atoms with Crippen LogP contribution in [-0.4, -0.2) is 24.0 Å². The van der Waals surface area contributed by atoms with Crippen LogP contribution in [0.3, 0.4) is 0 Å². The standard InChI is InChI=1S/C17H19BrClN3O/c18-13-8-12-4-6-16(21-17(12)14(19)9-13)22-7-1-2-11(10-22)3-5-15(20)23/h4,6,8-9,11H,1-3,5,7,10H2,(H2,20,23). The Balaban J connectivity index is 1.80. The van der Waals surface area contributed by atoms with Crippen molar-refractivity contribution >= 4 is 50.2 Å². The molecule has 2 N–H and O–H groups in total. The Kier molecular flexibility index (Phi) is 5.07. The number of pyridine rings is 1. The highest BCUT2D eigenvalue weighted by molar-refractivity contribution is 9.10. The zero-order valence-corrected chi connectivity index (χ0v) is 15.1. The maximum Gasteiger partial charge on any atom is 0.217 e. The molecule has 0 aliphatic carbocycles. The van der Waals surface area contributed by atoms with Crippen LogP contribution in [-0.2, 0) is 4.79 Å². The molecule has 0 bridgehead atoms. The number of hydrogen-bond acceptors (Lipinski definition) is 3. The third-order valence-electron chi connectivity index (χ3n) is 4.34. The number of nitrogens with zero attached hydrogens (tertiary/aromatic N) is 2. The molecule has 23 heavy (non-hydrogen) atoms. The lowest BCUT2D eigenvalue weighted by Gasteiger charge is -2.33. The molecule has 1 amide bonds. The molecule has 4 nitrogen and oxygen atoms in total. The maximum absolute atomic E-state index is 11.0. The Morgan fingerprint density at radius 1 is 1.43 bits per heavy atom. The average Bonchev–Trinajstić information content (AvgIpc) is 2.53. The maximum atomic E-state index is 11.0. The van der Waals surface area contributed by atoms with Crippen molar-refractivity contribution in [2.45, 2.75) is 25.7 Å². The minimum Gasteiger partial charge on any atom is -0.370 e. The summed E-state index contributed by atoms with van der Waals surface area (Å²) in [7, 11) is 0. The van der Waals surface area contributed by atoms with Crippen molar-refractivity contribution in [3.05, 3.63) is 33.8 Å². The predicted molar refractivity (Wildman–Crippen MR) is 97.8 cm³/mol. The molecule has 1 unspecified atom stereocenters. The number of rotatable bonds is 4. The highest BCUT2D eigenvalue weighted by Crippen LogP contribution is 2.30. The number of fused-ring (bicyclic) bond motifs is 1. The summed E-state index contributed by atoms with van der Waals surface area (Å²) in [5, 5.41) is 1.67. The van der Waals surface area contributed by atoms with Gasteiger partial charge in [-0.3, -0.25) is 4.79 Å². The van der Waals surface area contributed by atoms with E-state index in [0.29, 0.717) is 17.4 Å². The van der Waals surface area contributed by atoms with Gasteiger partial charge in [0, 0.05) is 29.4 Å². The van der Waals surface area contributed by atoms with Crippen molar-refractivity contribution in [2.24, 2.45) is 11.7 Å². The molecule has 2 heterocycles. The number of benzene rings is 1. The normalized spacial score (nSPS) is 18.3. The lowest BCUT2D eigenvalue weighted by Crippen LogP contribution is -2.36. The molecule has 1 aliphatic heterocycles. The zero-order valence-electron chi connectivity index (χ0n) is 12.8. The fraction of sp³-hybridized carbons (Fsp3) is 0.412. The topological polar surface area (TPSA) is 59.2 Å². The van der Waals surface area contributed by atoms with Gasteiger partial charge in [-0.25, -0.2) is 4.98 Å². The second kappa shape index (κ2) is 7.05. The van der Waals surface area contributed by atoms with Crippen LogP contribution in [0.2, 0.25) is 5.02 Å². The summed E-state index contributed by atoms with van der Waals surface area (Å²) in [5.41, 5.74) is 6.09. The van der Waals surface area contributed by atoms with Crippen LogP contribution in [0.15, 0.2) is 28.7 Å². The molecule has 3 rings (SSSR count). The monoisotopic (exact) mass is 395 g/mol. The highest BCUT2D eigenvalue weighted by atomic mass is 79.9. The molecule has 1 atom stereocenters. The summed E-state index contributed by atoms with van der Waals surface area (Å²) in [4.78, 5) is 18.0. The summed E-state index contributed by atoms with van der Waals surface area (Å²) in [6.07, 6.45) is 3.57. The number of anilines is 1. The Morgan fingerprint density at radius 2 is 2.26 bits per heavy atom. The molecule has 0 saturated carbocycles. The van der Waals surface area contributed by atoms with E-state index in [1.165, 1.54) is 0 Å². The predicted octanol–water partition coefficient (Wildman–Crippen LogP) is 4.13. The van der Waals surface area contributed by atoms with Gasteiger partial charge in [0.25, 0.3) is 0 Å². The van der Waals surface area contributed by atoms with Crippen LogP contribution < -0.4 is 10.6 Å². The Hall–Kier alpha value is -1.33. The Labute approximate surface area is 149 Å². The van der Waals surface area contributed by atoms with E-state index in [2.05, 4.69) is 26.9 Å². The number of hydrogen-bond donors (Lipinski definition) is 1. The zero-order chi connectivity index (χ0) is 16.4. The first-order valence-corrected chi connectivity index (χ1v) is 8.99. The lowest BCUT2D eigenvalue weighted by atomic mass is 9.93. The SMILES string of the molecule is NC(=O)CCC1CCCN(c2ccc3cc(Br)cc(Cl)c3n2)C1. The summed E-state index contributed by atoms with van der Waals surface area (Å²) in [6.45, 7) is 1.90. The van der Waals surface area contributed by atoms with E-state index < -0.39 is 0 Å². The fourth-order valence-electron chi connectivity index (χ4n) is 3.18. The molecule has 6 heteroatoms. The number of piperidine rings is 1. The Morgan fingerprint density at radius 3 is 3.04 bits per heavy atom. The van der Waals surface area contributed by atoms with Gasteiger partial charge in [-0.2, -0.15) is 0 Å². The van der Waals surface area contributed by atoms with Crippen LogP contribution in [0.25, 0.3) is 10.9 Å². The first-order valence-electron chi connectivity index (χ1n) is 7.82. The fourth-order valence-corrected chi connectivity index (χ4v) is 4.05. The van der Waals surface area contributed by atoms with E-state index in [4.69, 9.17) is 22.3 Å². The van der Waals surface area contributed by atoms with Gasteiger partial charge < -0.3 is 10.6 Å². The molecule has 1 saturated heterocycles. The number of amides is 1. The molecule has 1 fully saturated rings. The number of carbonyl (C=O) groups is 1. The highest BCUT2D eigenvalue weighted by Gasteiger charge is 2.21. The molecule has 1 aliphatic rings. The minimum absolute atomic E-state index is 0.219. The molecular weight excluding hydrogens is 378 g/mol. The quantitative estimate of drug-likeness (QED) is 0.845. The minimum atomic E-state index is -0.219. The second-order valence-corrected chi connectivity index (χ2v) is 7.41. The smallest absolute Gasteiger partial charge is 0.217 e. The van der Waals surface area contributed by atoms with Crippen LogP contribution in [0.4, 0.5) is 5.82 Å². The number of aromatic nitrogens is 1. The van der Waals surface area contributed by atoms with Gasteiger partial charge in [0.2, 0.25) is 5.91 Å². The summed E-state index contributed by atoms with van der Waals surface area (Å²) >= 11 is 9.78.